The molecule has 1 saturated heterocycles. The number of ether oxygens (including phenoxy) is 3. The maximum Gasteiger partial charge on any atom is 0.223 e. The van der Waals surface area contributed by atoms with Gasteiger partial charge in [-0.1, -0.05) is 30.3 Å². The molecule has 1 atom stereocenters. The number of aromatic nitrogens is 1. The van der Waals surface area contributed by atoms with Crippen molar-refractivity contribution in [1.29, 1.82) is 0 Å². The average Bonchev–Trinajstić information content (AvgIpc) is 3.38. The van der Waals surface area contributed by atoms with Crippen molar-refractivity contribution in [2.24, 2.45) is 0 Å². The van der Waals surface area contributed by atoms with E-state index in [1.54, 1.807) is 21.3 Å². The number of piperazine rings is 1. The van der Waals surface area contributed by atoms with Crippen LogP contribution in [0.5, 0.6) is 17.2 Å². The van der Waals surface area contributed by atoms with Gasteiger partial charge < -0.3 is 28.6 Å². The van der Waals surface area contributed by atoms with Gasteiger partial charge in [-0.25, -0.2) is 0 Å². The first-order valence-electron chi connectivity index (χ1n) is 13.5. The molecule has 0 unspecified atom stereocenters. The van der Waals surface area contributed by atoms with Gasteiger partial charge in [0.1, 0.15) is 17.2 Å². The average molecular weight is 528 g/mol. The molecular formula is C32H37N3O4. The molecule has 0 saturated carbocycles. The van der Waals surface area contributed by atoms with Crippen LogP contribution in [-0.4, -0.2) is 62.9 Å². The van der Waals surface area contributed by atoms with Crippen LogP contribution >= 0.6 is 0 Å². The normalized spacial score (nSPS) is 14.4. The number of hydrogen-bond acceptors (Lipinski definition) is 5. The van der Waals surface area contributed by atoms with E-state index in [2.05, 4.69) is 52.9 Å². The van der Waals surface area contributed by atoms with E-state index < -0.39 is 0 Å². The predicted molar refractivity (Wildman–Crippen MR) is 155 cm³/mol. The number of anilines is 1. The highest BCUT2D eigenvalue weighted by Crippen LogP contribution is 2.38. The van der Waals surface area contributed by atoms with Gasteiger partial charge in [-0.05, 0) is 48.4 Å². The van der Waals surface area contributed by atoms with Gasteiger partial charge >= 0.3 is 0 Å². The van der Waals surface area contributed by atoms with Crippen LogP contribution in [0, 0.1) is 0 Å². The van der Waals surface area contributed by atoms with Crippen LogP contribution in [0.4, 0.5) is 5.69 Å². The summed E-state index contributed by atoms with van der Waals surface area (Å²) in [4.78, 5) is 18.1. The summed E-state index contributed by atoms with van der Waals surface area (Å²) >= 11 is 0. The quantitative estimate of drug-likeness (QED) is 0.285. The van der Waals surface area contributed by atoms with Crippen molar-refractivity contribution in [2.75, 3.05) is 52.4 Å². The monoisotopic (exact) mass is 527 g/mol. The van der Waals surface area contributed by atoms with Gasteiger partial charge in [-0.15, -0.1) is 0 Å². The Morgan fingerprint density at radius 3 is 2.18 bits per heavy atom. The van der Waals surface area contributed by atoms with E-state index in [9.17, 15) is 4.79 Å². The molecule has 5 rings (SSSR count). The van der Waals surface area contributed by atoms with Crippen LogP contribution in [0.2, 0.25) is 0 Å². The number of amides is 1. The third-order valence-corrected chi connectivity index (χ3v) is 7.75. The number of carbonyl (C=O) groups is 1. The highest BCUT2D eigenvalue weighted by Gasteiger charge is 2.28. The van der Waals surface area contributed by atoms with E-state index in [1.165, 1.54) is 10.9 Å². The fraction of sp³-hybridized carbons (Fsp3) is 0.344. The molecule has 4 aromatic rings. The second-order valence-electron chi connectivity index (χ2n) is 9.83. The third-order valence-electron chi connectivity index (χ3n) is 7.75. The van der Waals surface area contributed by atoms with E-state index in [0.29, 0.717) is 31.0 Å². The Labute approximate surface area is 230 Å². The highest BCUT2D eigenvalue weighted by molar-refractivity contribution is 5.87. The number of nitrogens with zero attached hydrogens (tertiary/aromatic N) is 3. The molecule has 204 valence electrons. The highest BCUT2D eigenvalue weighted by atomic mass is 16.5. The lowest BCUT2D eigenvalue weighted by atomic mass is 9.87. The molecule has 7 heteroatoms. The lowest BCUT2D eigenvalue weighted by molar-refractivity contribution is -0.131. The smallest absolute Gasteiger partial charge is 0.223 e. The topological polar surface area (TPSA) is 56.2 Å². The molecule has 1 fully saturated rings. The lowest BCUT2D eigenvalue weighted by Gasteiger charge is -2.37. The van der Waals surface area contributed by atoms with Crippen LogP contribution in [0.25, 0.3) is 10.9 Å². The molecule has 0 N–H and O–H groups in total. The largest absolute Gasteiger partial charge is 0.497 e. The number of methoxy groups -OCH3 is 3. The molecule has 0 bridgehead atoms. The van der Waals surface area contributed by atoms with Gasteiger partial charge in [0, 0.05) is 68.2 Å². The van der Waals surface area contributed by atoms with Crippen molar-refractivity contribution in [3.8, 4) is 17.2 Å². The number of aryl methyl sites for hydroxylation is 1. The van der Waals surface area contributed by atoms with Crippen molar-refractivity contribution in [3.05, 3.63) is 84.1 Å². The van der Waals surface area contributed by atoms with Gasteiger partial charge in [0.2, 0.25) is 5.91 Å². The summed E-state index contributed by atoms with van der Waals surface area (Å²) in [5, 5.41) is 1.17. The fourth-order valence-electron chi connectivity index (χ4n) is 5.64. The summed E-state index contributed by atoms with van der Waals surface area (Å²) in [5.74, 6) is 2.29. The number of para-hydroxylation sites is 3. The van der Waals surface area contributed by atoms with E-state index in [-0.39, 0.29) is 11.8 Å². The second kappa shape index (κ2) is 11.7. The Bertz CT molecular complexity index is 1420. The summed E-state index contributed by atoms with van der Waals surface area (Å²) < 4.78 is 19.0. The number of carbonyl (C=O) groups excluding carboxylic acids is 1. The Morgan fingerprint density at radius 1 is 0.846 bits per heavy atom. The Morgan fingerprint density at radius 2 is 1.51 bits per heavy atom. The first-order valence-corrected chi connectivity index (χ1v) is 13.5. The molecule has 3 aromatic carbocycles. The van der Waals surface area contributed by atoms with Crippen LogP contribution in [0.1, 0.15) is 30.4 Å². The Hall–Kier alpha value is -4.13. The minimum absolute atomic E-state index is 0.147. The maximum absolute atomic E-state index is 13.9. The minimum atomic E-state index is -0.147. The van der Waals surface area contributed by atoms with Crippen molar-refractivity contribution in [1.82, 2.24) is 9.47 Å². The Kier molecular flexibility index (Phi) is 7.96. The predicted octanol–water partition coefficient (Wildman–Crippen LogP) is 5.56. The van der Waals surface area contributed by atoms with E-state index in [4.69, 9.17) is 14.2 Å². The summed E-state index contributed by atoms with van der Waals surface area (Å²) in [6.07, 6.45) is 2.57. The number of benzene rings is 3. The fourth-order valence-corrected chi connectivity index (χ4v) is 5.64. The second-order valence-corrected chi connectivity index (χ2v) is 9.83. The van der Waals surface area contributed by atoms with Gasteiger partial charge in [0.05, 0.1) is 27.0 Å². The molecule has 7 nitrogen and oxygen atoms in total. The molecule has 0 aliphatic carbocycles. The molecular weight excluding hydrogens is 490 g/mol. The zero-order valence-electron chi connectivity index (χ0n) is 23.2. The van der Waals surface area contributed by atoms with Gasteiger partial charge in [0.15, 0.2) is 0 Å². The first kappa shape index (κ1) is 26.5. The van der Waals surface area contributed by atoms with Crippen molar-refractivity contribution >= 4 is 22.5 Å². The minimum Gasteiger partial charge on any atom is -0.497 e. The van der Waals surface area contributed by atoms with Gasteiger partial charge in [0.25, 0.3) is 0 Å². The van der Waals surface area contributed by atoms with Crippen LogP contribution in [0.3, 0.4) is 0 Å². The zero-order valence-corrected chi connectivity index (χ0v) is 23.2. The first-order chi connectivity index (χ1) is 19.1. The SMILES string of the molecule is CCn1cc([C@@H](CC(=O)N2CCN(c3ccccc3OC)CC2)c2cc(OC)cc(OC)c2)c2ccccc21. The number of rotatable bonds is 9. The lowest BCUT2D eigenvalue weighted by Crippen LogP contribution is -2.49. The summed E-state index contributed by atoms with van der Waals surface area (Å²) in [6.45, 7) is 5.86. The Balaban J connectivity index is 1.44. The zero-order chi connectivity index (χ0) is 27.4. The summed E-state index contributed by atoms with van der Waals surface area (Å²) in [5.41, 5.74) is 4.39. The van der Waals surface area contributed by atoms with Crippen LogP contribution in [-0.2, 0) is 11.3 Å². The van der Waals surface area contributed by atoms with E-state index in [0.717, 1.165) is 42.2 Å². The van der Waals surface area contributed by atoms with Crippen molar-refractivity contribution in [3.63, 3.8) is 0 Å². The molecule has 1 amide bonds. The van der Waals surface area contributed by atoms with Crippen molar-refractivity contribution < 1.29 is 19.0 Å². The molecule has 1 aromatic heterocycles. The van der Waals surface area contributed by atoms with Gasteiger partial charge in [-0.3, -0.25) is 4.79 Å². The molecule has 2 heterocycles. The molecule has 1 aliphatic heterocycles. The van der Waals surface area contributed by atoms with Crippen LogP contribution < -0.4 is 19.1 Å². The molecule has 0 spiro atoms. The molecule has 1 aliphatic rings. The summed E-state index contributed by atoms with van der Waals surface area (Å²) in [6, 6.07) is 22.4. The standard InChI is InChI=1S/C32H37N3O4/c1-5-33-22-28(26-10-6-7-11-29(26)33)27(23-18-24(37-2)20-25(19-23)38-3)21-32(36)35-16-14-34(15-17-35)30-12-8-9-13-31(30)39-4/h6-13,18-20,22,27H,5,14-17,21H2,1-4H3/t27-/m0/s1. The maximum atomic E-state index is 13.9. The number of hydrogen-bond donors (Lipinski definition) is 0. The van der Waals surface area contributed by atoms with Crippen LogP contribution in [0.15, 0.2) is 72.9 Å². The number of fused-ring (bicyclic) bond motifs is 1. The van der Waals surface area contributed by atoms with Gasteiger partial charge in [-0.2, -0.15) is 0 Å². The molecule has 0 radical (unpaired) electrons. The molecule has 39 heavy (non-hydrogen) atoms. The third kappa shape index (κ3) is 5.39. The van der Waals surface area contributed by atoms with E-state index in [1.807, 2.05) is 41.3 Å². The van der Waals surface area contributed by atoms with Crippen molar-refractivity contribution in [2.45, 2.75) is 25.8 Å². The summed E-state index contributed by atoms with van der Waals surface area (Å²) in [7, 11) is 5.01. The van der Waals surface area contributed by atoms with E-state index >= 15 is 0 Å².